The van der Waals surface area contributed by atoms with E-state index in [4.69, 9.17) is 5.11 Å². The van der Waals surface area contributed by atoms with E-state index in [1.165, 1.54) is 32.4 Å². The Balaban J connectivity index is 1.59. The van der Waals surface area contributed by atoms with Gasteiger partial charge >= 0.3 is 5.97 Å². The van der Waals surface area contributed by atoms with Crippen LogP contribution in [0, 0.1) is 0 Å². The first-order valence-electron chi connectivity index (χ1n) is 7.03. The fourth-order valence-electron chi connectivity index (χ4n) is 3.34. The van der Waals surface area contributed by atoms with Gasteiger partial charge in [-0.25, -0.2) is 0 Å². The van der Waals surface area contributed by atoms with Crippen molar-refractivity contribution in [3.05, 3.63) is 0 Å². The smallest absolute Gasteiger partial charge is 0.304 e. The molecule has 0 aromatic carbocycles. The lowest BCUT2D eigenvalue weighted by Crippen LogP contribution is -2.50. The lowest BCUT2D eigenvalue weighted by Gasteiger charge is -2.39. The van der Waals surface area contributed by atoms with Gasteiger partial charge < -0.3 is 5.11 Å². The van der Waals surface area contributed by atoms with E-state index in [2.05, 4.69) is 9.80 Å². The third-order valence-electron chi connectivity index (χ3n) is 4.41. The molecule has 0 spiro atoms. The summed E-state index contributed by atoms with van der Waals surface area (Å²) in [6.07, 6.45) is 4.30. The van der Waals surface area contributed by atoms with Crippen molar-refractivity contribution >= 4 is 17.7 Å². The van der Waals surface area contributed by atoms with Gasteiger partial charge in [0.15, 0.2) is 0 Å². The van der Waals surface area contributed by atoms with E-state index in [1.54, 1.807) is 0 Å². The highest BCUT2D eigenvalue weighted by atomic mass is 32.2. The molecule has 2 aliphatic heterocycles. The van der Waals surface area contributed by atoms with Crippen LogP contribution in [0.5, 0.6) is 0 Å². The molecular formula is C13H22N2O2S. The summed E-state index contributed by atoms with van der Waals surface area (Å²) < 4.78 is 0. The van der Waals surface area contributed by atoms with Gasteiger partial charge in [0, 0.05) is 49.3 Å². The minimum atomic E-state index is -0.649. The van der Waals surface area contributed by atoms with Crippen molar-refractivity contribution in [2.45, 2.75) is 43.8 Å². The van der Waals surface area contributed by atoms with Gasteiger partial charge in [-0.15, -0.1) is 0 Å². The van der Waals surface area contributed by atoms with Crippen molar-refractivity contribution in [2.24, 2.45) is 0 Å². The molecule has 5 heteroatoms. The number of carbonyl (C=O) groups is 1. The van der Waals surface area contributed by atoms with E-state index < -0.39 is 5.97 Å². The average molecular weight is 270 g/mol. The van der Waals surface area contributed by atoms with Gasteiger partial charge in [0.25, 0.3) is 0 Å². The molecule has 0 bridgehead atoms. The molecule has 2 heterocycles. The standard InChI is InChI=1S/C13H22N2O2S/c16-13(17)7-12-9-18-6-5-15(12)11-3-4-14(8-11)10-1-2-10/h10-12H,1-9H2,(H,16,17). The second-order valence-electron chi connectivity index (χ2n) is 5.73. The number of hydrogen-bond acceptors (Lipinski definition) is 4. The number of carboxylic acid groups (broad SMARTS) is 1. The second kappa shape index (κ2) is 5.39. The molecule has 2 unspecified atom stereocenters. The minimum absolute atomic E-state index is 0.255. The van der Waals surface area contributed by atoms with Crippen molar-refractivity contribution in [3.8, 4) is 0 Å². The first kappa shape index (κ1) is 12.8. The quantitative estimate of drug-likeness (QED) is 0.829. The monoisotopic (exact) mass is 270 g/mol. The largest absolute Gasteiger partial charge is 0.481 e. The maximum atomic E-state index is 11.0. The molecule has 0 radical (unpaired) electrons. The topological polar surface area (TPSA) is 43.8 Å². The third kappa shape index (κ3) is 2.83. The molecule has 1 N–H and O–H groups in total. The van der Waals surface area contributed by atoms with E-state index >= 15 is 0 Å². The van der Waals surface area contributed by atoms with Gasteiger partial charge in [-0.3, -0.25) is 14.6 Å². The van der Waals surface area contributed by atoms with E-state index in [1.807, 2.05) is 11.8 Å². The van der Waals surface area contributed by atoms with Crippen LogP contribution >= 0.6 is 11.8 Å². The van der Waals surface area contributed by atoms with Crippen molar-refractivity contribution in [2.75, 3.05) is 31.1 Å². The predicted molar refractivity (Wildman–Crippen MR) is 73.1 cm³/mol. The number of carboxylic acids is 1. The lowest BCUT2D eigenvalue weighted by atomic mass is 10.1. The highest BCUT2D eigenvalue weighted by molar-refractivity contribution is 7.99. The maximum absolute atomic E-state index is 11.0. The van der Waals surface area contributed by atoms with Gasteiger partial charge in [0.1, 0.15) is 0 Å². The maximum Gasteiger partial charge on any atom is 0.304 e. The van der Waals surface area contributed by atoms with Crippen LogP contribution in [-0.4, -0.2) is 70.1 Å². The van der Waals surface area contributed by atoms with E-state index in [0.29, 0.717) is 12.5 Å². The summed E-state index contributed by atoms with van der Waals surface area (Å²) in [6, 6.07) is 1.72. The molecule has 0 aromatic heterocycles. The lowest BCUT2D eigenvalue weighted by molar-refractivity contribution is -0.138. The van der Waals surface area contributed by atoms with Crippen molar-refractivity contribution < 1.29 is 9.90 Å². The van der Waals surface area contributed by atoms with E-state index in [0.717, 1.165) is 24.1 Å². The van der Waals surface area contributed by atoms with Gasteiger partial charge in [-0.05, 0) is 19.3 Å². The normalized spacial score (nSPS) is 34.9. The average Bonchev–Trinajstić information content (AvgIpc) is 3.08. The Hall–Kier alpha value is -0.260. The zero-order valence-electron chi connectivity index (χ0n) is 10.8. The van der Waals surface area contributed by atoms with Crippen LogP contribution in [0.4, 0.5) is 0 Å². The Morgan fingerprint density at radius 2 is 2.06 bits per heavy atom. The summed E-state index contributed by atoms with van der Waals surface area (Å²) >= 11 is 1.91. The predicted octanol–water partition coefficient (Wildman–Crippen LogP) is 1.12. The Kier molecular flexibility index (Phi) is 3.82. The minimum Gasteiger partial charge on any atom is -0.481 e. The number of rotatable bonds is 4. The molecule has 18 heavy (non-hydrogen) atoms. The van der Waals surface area contributed by atoms with Crippen LogP contribution in [0.3, 0.4) is 0 Å². The summed E-state index contributed by atoms with van der Waals surface area (Å²) in [5.74, 6) is 1.51. The molecule has 0 amide bonds. The van der Waals surface area contributed by atoms with E-state index in [9.17, 15) is 4.79 Å². The molecule has 1 aliphatic carbocycles. The second-order valence-corrected chi connectivity index (χ2v) is 6.88. The summed E-state index contributed by atoms with van der Waals surface area (Å²) in [7, 11) is 0. The SMILES string of the molecule is O=C(O)CC1CSCCN1C1CCN(C2CC2)C1. The molecule has 2 atom stereocenters. The van der Waals surface area contributed by atoms with E-state index in [-0.39, 0.29) is 6.04 Å². The first-order valence-corrected chi connectivity index (χ1v) is 8.19. The van der Waals surface area contributed by atoms with Gasteiger partial charge in [-0.1, -0.05) is 0 Å². The molecular weight excluding hydrogens is 248 g/mol. The summed E-state index contributed by atoms with van der Waals surface area (Å²) in [4.78, 5) is 16.1. The molecule has 102 valence electrons. The molecule has 3 aliphatic rings. The third-order valence-corrected chi connectivity index (χ3v) is 5.50. The van der Waals surface area contributed by atoms with Gasteiger partial charge in [0.2, 0.25) is 0 Å². The van der Waals surface area contributed by atoms with Crippen molar-refractivity contribution in [1.82, 2.24) is 9.80 Å². The number of thioether (sulfide) groups is 1. The molecule has 1 saturated carbocycles. The number of nitrogens with zero attached hydrogens (tertiary/aromatic N) is 2. The van der Waals surface area contributed by atoms with Crippen LogP contribution < -0.4 is 0 Å². The fourth-order valence-corrected chi connectivity index (χ4v) is 4.42. The highest BCUT2D eigenvalue weighted by Gasteiger charge is 2.39. The van der Waals surface area contributed by atoms with Gasteiger partial charge in [0.05, 0.1) is 6.42 Å². The molecule has 2 saturated heterocycles. The zero-order chi connectivity index (χ0) is 12.5. The fraction of sp³-hybridized carbons (Fsp3) is 0.923. The Bertz CT molecular complexity index is 322. The Morgan fingerprint density at radius 1 is 1.22 bits per heavy atom. The van der Waals surface area contributed by atoms with Crippen LogP contribution in [0.1, 0.15) is 25.7 Å². The summed E-state index contributed by atoms with van der Waals surface area (Å²) in [5.41, 5.74) is 0. The molecule has 3 rings (SSSR count). The highest BCUT2D eigenvalue weighted by Crippen LogP contribution is 2.33. The van der Waals surface area contributed by atoms with Crippen LogP contribution in [0.15, 0.2) is 0 Å². The summed E-state index contributed by atoms with van der Waals surface area (Å²) in [6.45, 7) is 3.47. The van der Waals surface area contributed by atoms with Crippen molar-refractivity contribution in [3.63, 3.8) is 0 Å². The first-order chi connectivity index (χ1) is 8.74. The summed E-state index contributed by atoms with van der Waals surface area (Å²) in [5, 5.41) is 9.03. The van der Waals surface area contributed by atoms with Crippen LogP contribution in [0.2, 0.25) is 0 Å². The molecule has 4 nitrogen and oxygen atoms in total. The van der Waals surface area contributed by atoms with Crippen molar-refractivity contribution in [1.29, 1.82) is 0 Å². The molecule has 3 fully saturated rings. The zero-order valence-corrected chi connectivity index (χ0v) is 11.6. The molecule has 0 aromatic rings. The Labute approximate surface area is 113 Å². The number of hydrogen-bond donors (Lipinski definition) is 1. The van der Waals surface area contributed by atoms with Gasteiger partial charge in [-0.2, -0.15) is 11.8 Å². The van der Waals surface area contributed by atoms with Crippen LogP contribution in [0.25, 0.3) is 0 Å². The van der Waals surface area contributed by atoms with Crippen LogP contribution in [-0.2, 0) is 4.79 Å². The Morgan fingerprint density at radius 3 is 2.78 bits per heavy atom. The number of likely N-dealkylation sites (tertiary alicyclic amines) is 1. The number of aliphatic carboxylic acids is 1.